The smallest absolute Gasteiger partial charge is 0.377 e. The van der Waals surface area contributed by atoms with Crippen molar-refractivity contribution < 1.29 is 19.3 Å². The number of piperazine rings is 1. The number of pyridine rings is 1. The molecule has 0 amide bonds. The molecule has 1 saturated heterocycles. The Hall–Kier alpha value is -2.13. The topological polar surface area (TPSA) is 75.1 Å². The molecule has 4 rings (SSSR count). The third-order valence-electron chi connectivity index (χ3n) is 5.61. The fourth-order valence-corrected chi connectivity index (χ4v) is 4.36. The number of ether oxygens (including phenoxy) is 2. The van der Waals surface area contributed by atoms with Gasteiger partial charge in [-0.1, -0.05) is 23.7 Å². The van der Waals surface area contributed by atoms with Gasteiger partial charge in [-0.3, -0.25) is 14.7 Å². The highest BCUT2D eigenvalue weighted by Gasteiger charge is 2.41. The second-order valence-electron chi connectivity index (χ2n) is 7.32. The van der Waals surface area contributed by atoms with Crippen molar-refractivity contribution in [2.75, 3.05) is 26.7 Å². The van der Waals surface area contributed by atoms with E-state index in [1.165, 1.54) is 7.11 Å². The summed E-state index contributed by atoms with van der Waals surface area (Å²) in [6, 6.07) is 8.76. The normalized spacial score (nSPS) is 22.1. The molecule has 0 radical (unpaired) electrons. The third kappa shape index (κ3) is 3.85. The number of nitrogens with zero attached hydrogens (tertiary/aromatic N) is 3. The molecule has 0 saturated carbocycles. The van der Waals surface area contributed by atoms with Crippen molar-refractivity contribution in [3.63, 3.8) is 0 Å². The quantitative estimate of drug-likeness (QED) is 0.607. The minimum atomic E-state index is -0.741. The summed E-state index contributed by atoms with van der Waals surface area (Å²) in [4.78, 5) is 21.1. The molecule has 3 heterocycles. The Morgan fingerprint density at radius 3 is 2.97 bits per heavy atom. The number of hydrogen-bond donors (Lipinski definition) is 1. The van der Waals surface area contributed by atoms with Crippen molar-refractivity contribution in [3.8, 4) is 5.75 Å². The number of methoxy groups -OCH3 is 1. The largest absolute Gasteiger partial charge is 0.488 e. The summed E-state index contributed by atoms with van der Waals surface area (Å²) in [6.07, 6.45) is 1.77. The first-order valence-electron chi connectivity index (χ1n) is 9.61. The van der Waals surface area contributed by atoms with E-state index < -0.39 is 13.1 Å². The lowest BCUT2D eigenvalue weighted by atomic mass is 9.81. The molecule has 1 aromatic heterocycles. The molecule has 9 heteroatoms. The van der Waals surface area contributed by atoms with Gasteiger partial charge < -0.3 is 19.3 Å². The van der Waals surface area contributed by atoms with Crippen LogP contribution in [0.3, 0.4) is 0 Å². The minimum absolute atomic E-state index is 0.190. The first kappa shape index (κ1) is 20.2. The van der Waals surface area contributed by atoms with E-state index in [0.717, 1.165) is 16.8 Å². The van der Waals surface area contributed by atoms with Crippen molar-refractivity contribution in [2.45, 2.75) is 25.5 Å². The Labute approximate surface area is 175 Å². The lowest BCUT2D eigenvalue weighted by molar-refractivity contribution is -0.147. The van der Waals surface area contributed by atoms with E-state index in [1.807, 2.05) is 30.3 Å². The van der Waals surface area contributed by atoms with Gasteiger partial charge in [0.1, 0.15) is 18.4 Å². The third-order valence-corrected chi connectivity index (χ3v) is 5.85. The maximum atomic E-state index is 12.5. The predicted molar refractivity (Wildman–Crippen MR) is 110 cm³/mol. The molecule has 1 N–H and O–H groups in total. The van der Waals surface area contributed by atoms with Gasteiger partial charge in [-0.2, -0.15) is 0 Å². The number of carbonyl (C=O) groups is 1. The van der Waals surface area contributed by atoms with Crippen molar-refractivity contribution >= 4 is 24.6 Å². The fraction of sp³-hybridized carbons (Fsp3) is 0.400. The molecule has 152 valence electrons. The van der Waals surface area contributed by atoms with Crippen LogP contribution >= 0.6 is 11.6 Å². The maximum Gasteiger partial charge on any atom is 0.377 e. The van der Waals surface area contributed by atoms with E-state index in [9.17, 15) is 9.82 Å². The van der Waals surface area contributed by atoms with Gasteiger partial charge in [0.25, 0.3) is 0 Å². The van der Waals surface area contributed by atoms with Crippen LogP contribution in [0, 0.1) is 0 Å². The summed E-state index contributed by atoms with van der Waals surface area (Å²) < 4.78 is 11.0. The highest BCUT2D eigenvalue weighted by Crippen LogP contribution is 2.40. The van der Waals surface area contributed by atoms with Crippen LogP contribution in [0.15, 0.2) is 36.5 Å². The Kier molecular flexibility index (Phi) is 5.78. The van der Waals surface area contributed by atoms with Crippen molar-refractivity contribution in [2.24, 2.45) is 0 Å². The molecule has 0 aliphatic carbocycles. The number of rotatable bonds is 3. The number of esters is 1. The van der Waals surface area contributed by atoms with E-state index in [2.05, 4.69) is 9.88 Å². The van der Waals surface area contributed by atoms with Crippen LogP contribution in [0.1, 0.15) is 22.9 Å². The molecule has 1 fully saturated rings. The van der Waals surface area contributed by atoms with E-state index in [4.69, 9.17) is 21.1 Å². The molecule has 0 bridgehead atoms. The second kappa shape index (κ2) is 8.32. The van der Waals surface area contributed by atoms with Crippen molar-refractivity contribution in [1.82, 2.24) is 14.7 Å². The van der Waals surface area contributed by atoms with Crippen LogP contribution in [-0.2, 0) is 16.1 Å². The summed E-state index contributed by atoms with van der Waals surface area (Å²) >= 11 is 6.21. The molecule has 2 atom stereocenters. The standard InChI is InChI=1S/C20H23BClN3O4/c1-21(27)25-9-8-24(11-16(25)20(26)28-2)19-15-6-5-14(22)10-17(15)29-12-13-4-3-7-23-18(13)19/h3-7,10,16,19,27H,8-9,11-12H2,1-2H3/t16-,19+/m1/s1. The van der Waals surface area contributed by atoms with E-state index >= 15 is 0 Å². The monoisotopic (exact) mass is 415 g/mol. The molecule has 1 aromatic carbocycles. The Morgan fingerprint density at radius 1 is 1.38 bits per heavy atom. The molecule has 2 aromatic rings. The highest BCUT2D eigenvalue weighted by atomic mass is 35.5. The van der Waals surface area contributed by atoms with Gasteiger partial charge in [-0.15, -0.1) is 0 Å². The molecule has 0 unspecified atom stereocenters. The van der Waals surface area contributed by atoms with Gasteiger partial charge in [0.15, 0.2) is 0 Å². The Bertz CT molecular complexity index is 913. The number of hydrogen-bond acceptors (Lipinski definition) is 7. The zero-order valence-corrected chi connectivity index (χ0v) is 17.2. The summed E-state index contributed by atoms with van der Waals surface area (Å²) in [5.41, 5.74) is 2.86. The van der Waals surface area contributed by atoms with E-state index in [-0.39, 0.29) is 12.0 Å². The fourth-order valence-electron chi connectivity index (χ4n) is 4.20. The van der Waals surface area contributed by atoms with Gasteiger partial charge >= 0.3 is 13.0 Å². The van der Waals surface area contributed by atoms with Crippen LogP contribution in [-0.4, -0.2) is 65.5 Å². The summed E-state index contributed by atoms with van der Waals surface area (Å²) in [5, 5.41) is 10.7. The first-order valence-corrected chi connectivity index (χ1v) is 9.99. The van der Waals surface area contributed by atoms with Crippen LogP contribution < -0.4 is 4.74 Å². The number of carbonyl (C=O) groups excluding carboxylic acids is 1. The summed E-state index contributed by atoms with van der Waals surface area (Å²) in [7, 11) is 0.630. The summed E-state index contributed by atoms with van der Waals surface area (Å²) in [5.74, 6) is 0.353. The number of benzene rings is 1. The highest BCUT2D eigenvalue weighted by molar-refractivity contribution is 6.45. The maximum absolute atomic E-state index is 12.5. The van der Waals surface area contributed by atoms with Crippen LogP contribution in [0.25, 0.3) is 0 Å². The molecule has 7 nitrogen and oxygen atoms in total. The Balaban J connectivity index is 1.76. The van der Waals surface area contributed by atoms with Crippen LogP contribution in [0.5, 0.6) is 5.75 Å². The van der Waals surface area contributed by atoms with Gasteiger partial charge in [-0.25, -0.2) is 0 Å². The van der Waals surface area contributed by atoms with Gasteiger partial charge in [0.2, 0.25) is 0 Å². The first-order chi connectivity index (χ1) is 14.0. The lowest BCUT2D eigenvalue weighted by Crippen LogP contribution is -2.61. The number of fused-ring (bicyclic) bond motifs is 2. The number of aromatic nitrogens is 1. The average Bonchev–Trinajstić information content (AvgIpc) is 2.89. The number of halogens is 1. The average molecular weight is 416 g/mol. The lowest BCUT2D eigenvalue weighted by Gasteiger charge is -2.43. The predicted octanol–water partition coefficient (Wildman–Crippen LogP) is 1.99. The molecular weight excluding hydrogens is 393 g/mol. The van der Waals surface area contributed by atoms with Crippen LogP contribution in [0.2, 0.25) is 11.8 Å². The molecular formula is C20H23BClN3O4. The second-order valence-corrected chi connectivity index (χ2v) is 7.76. The SMILES string of the molecule is COC(=O)[C@H]1CN([C@H]2c3ccc(Cl)cc3OCc3cccnc32)CCN1B(C)O. The molecule has 0 spiro atoms. The minimum Gasteiger partial charge on any atom is -0.488 e. The van der Waals surface area contributed by atoms with E-state index in [0.29, 0.717) is 37.0 Å². The zero-order chi connectivity index (χ0) is 20.5. The van der Waals surface area contributed by atoms with Gasteiger partial charge in [0, 0.05) is 42.0 Å². The molecule has 2 aliphatic rings. The van der Waals surface area contributed by atoms with Gasteiger partial charge in [0.05, 0.1) is 18.8 Å². The molecule has 2 aliphatic heterocycles. The zero-order valence-electron chi connectivity index (χ0n) is 16.4. The van der Waals surface area contributed by atoms with Crippen molar-refractivity contribution in [3.05, 3.63) is 58.4 Å². The van der Waals surface area contributed by atoms with Crippen molar-refractivity contribution in [1.29, 1.82) is 0 Å². The Morgan fingerprint density at radius 2 is 2.21 bits per heavy atom. The van der Waals surface area contributed by atoms with Crippen LogP contribution in [0.4, 0.5) is 0 Å². The summed E-state index contributed by atoms with van der Waals surface area (Å²) in [6.45, 7) is 3.65. The van der Waals surface area contributed by atoms with E-state index in [1.54, 1.807) is 17.8 Å². The van der Waals surface area contributed by atoms with Gasteiger partial charge in [-0.05, 0) is 25.0 Å². The molecule has 29 heavy (non-hydrogen) atoms.